The van der Waals surface area contributed by atoms with Gasteiger partial charge in [-0.05, 0) is 25.5 Å². The van der Waals surface area contributed by atoms with Crippen molar-refractivity contribution >= 4 is 29.9 Å². The third-order valence-corrected chi connectivity index (χ3v) is 3.71. The maximum absolute atomic E-state index is 5.92. The molecule has 2 heterocycles. The molecule has 25 heavy (non-hydrogen) atoms. The highest BCUT2D eigenvalue weighted by Crippen LogP contribution is 2.28. The lowest BCUT2D eigenvalue weighted by Gasteiger charge is -2.12. The number of hydrogen-bond acceptors (Lipinski definition) is 5. The van der Waals surface area contributed by atoms with Crippen molar-refractivity contribution in [3.8, 4) is 5.75 Å². The van der Waals surface area contributed by atoms with Crippen LogP contribution in [0.5, 0.6) is 5.75 Å². The molecule has 1 aromatic heterocycles. The van der Waals surface area contributed by atoms with E-state index in [-0.39, 0.29) is 30.1 Å². The normalized spacial score (nSPS) is 15.9. The number of nitrogens with zero attached hydrogens (tertiary/aromatic N) is 3. The third kappa shape index (κ3) is 5.58. The molecule has 0 spiro atoms. The molecule has 8 heteroatoms. The lowest BCUT2D eigenvalue weighted by molar-refractivity contribution is 0.241. The topological polar surface area (TPSA) is 84.6 Å². The van der Waals surface area contributed by atoms with Crippen LogP contribution in [0.4, 0.5) is 0 Å². The van der Waals surface area contributed by atoms with Crippen LogP contribution in [0.3, 0.4) is 0 Å². The summed E-state index contributed by atoms with van der Waals surface area (Å²) in [5.41, 5.74) is 1.25. The molecule has 7 nitrogen and oxygen atoms in total. The minimum Gasteiger partial charge on any atom is -0.488 e. The van der Waals surface area contributed by atoms with Crippen LogP contribution in [-0.4, -0.2) is 41.8 Å². The molecule has 1 aliphatic heterocycles. The average Bonchev–Trinajstić information content (AvgIpc) is 3.18. The smallest absolute Gasteiger partial charge is 0.228 e. The summed E-state index contributed by atoms with van der Waals surface area (Å²) in [5, 5.41) is 10.3. The lowest BCUT2D eigenvalue weighted by Crippen LogP contribution is -2.39. The van der Waals surface area contributed by atoms with E-state index < -0.39 is 0 Å². The fraction of sp³-hybridized carbons (Fsp3) is 0.471. The van der Waals surface area contributed by atoms with Crippen LogP contribution in [0.15, 0.2) is 33.8 Å². The Bertz CT molecular complexity index is 679. The molecule has 1 unspecified atom stereocenters. The number of hydrogen-bond donors (Lipinski definition) is 2. The first-order valence-corrected chi connectivity index (χ1v) is 8.30. The fourth-order valence-electron chi connectivity index (χ4n) is 2.62. The van der Waals surface area contributed by atoms with Crippen molar-refractivity contribution in [1.29, 1.82) is 0 Å². The summed E-state index contributed by atoms with van der Waals surface area (Å²) < 4.78 is 11.0. The van der Waals surface area contributed by atoms with Gasteiger partial charge in [0, 0.05) is 25.9 Å². The second kappa shape index (κ2) is 9.59. The highest BCUT2D eigenvalue weighted by molar-refractivity contribution is 14.0. The molecular weight excluding hydrogens is 433 g/mol. The number of aryl methyl sites for hydroxylation is 1. The van der Waals surface area contributed by atoms with Crippen molar-refractivity contribution < 1.29 is 9.26 Å². The largest absolute Gasteiger partial charge is 0.488 e. The predicted molar refractivity (Wildman–Crippen MR) is 107 cm³/mol. The molecule has 1 aliphatic rings. The van der Waals surface area contributed by atoms with Gasteiger partial charge in [0.05, 0.1) is 6.54 Å². The van der Waals surface area contributed by atoms with E-state index in [2.05, 4.69) is 31.8 Å². The van der Waals surface area contributed by atoms with Crippen LogP contribution in [0.1, 0.15) is 24.2 Å². The van der Waals surface area contributed by atoms with Crippen molar-refractivity contribution in [2.45, 2.75) is 32.8 Å². The van der Waals surface area contributed by atoms with Crippen LogP contribution in [0.2, 0.25) is 0 Å². The first-order valence-electron chi connectivity index (χ1n) is 8.30. The quantitative estimate of drug-likeness (QED) is 0.393. The van der Waals surface area contributed by atoms with Crippen molar-refractivity contribution in [3.05, 3.63) is 41.5 Å². The van der Waals surface area contributed by atoms with E-state index in [0.29, 0.717) is 31.2 Å². The summed E-state index contributed by atoms with van der Waals surface area (Å²) in [7, 11) is 0. The van der Waals surface area contributed by atoms with E-state index in [1.165, 1.54) is 5.56 Å². The number of halogens is 1. The Morgan fingerprint density at radius 1 is 1.32 bits per heavy atom. The number of aromatic nitrogens is 2. The SMILES string of the molecule is CCNC(=NCC1Cc2ccccc2O1)NCCc1nc(C)no1.I. The molecule has 0 saturated heterocycles. The van der Waals surface area contributed by atoms with Crippen LogP contribution in [0.25, 0.3) is 0 Å². The van der Waals surface area contributed by atoms with E-state index in [9.17, 15) is 0 Å². The van der Waals surface area contributed by atoms with Gasteiger partial charge in [-0.3, -0.25) is 0 Å². The summed E-state index contributed by atoms with van der Waals surface area (Å²) in [4.78, 5) is 8.81. The molecule has 2 N–H and O–H groups in total. The summed E-state index contributed by atoms with van der Waals surface area (Å²) in [6, 6.07) is 8.15. The van der Waals surface area contributed by atoms with Crippen molar-refractivity contribution in [2.75, 3.05) is 19.6 Å². The van der Waals surface area contributed by atoms with Gasteiger partial charge in [-0.2, -0.15) is 4.98 Å². The van der Waals surface area contributed by atoms with Crippen molar-refractivity contribution in [3.63, 3.8) is 0 Å². The zero-order chi connectivity index (χ0) is 16.8. The van der Waals surface area contributed by atoms with Crippen LogP contribution >= 0.6 is 24.0 Å². The lowest BCUT2D eigenvalue weighted by atomic mass is 10.1. The molecule has 0 fully saturated rings. The fourth-order valence-corrected chi connectivity index (χ4v) is 2.62. The predicted octanol–water partition coefficient (Wildman–Crippen LogP) is 2.10. The summed E-state index contributed by atoms with van der Waals surface area (Å²) in [6.45, 7) is 5.95. The minimum atomic E-state index is 0. The standard InChI is InChI=1S/C17H23N5O2.HI/c1-3-18-17(19-9-8-16-21-12(2)22-24-16)20-11-14-10-13-6-4-5-7-15(13)23-14;/h4-7,14H,3,8-11H2,1-2H3,(H2,18,19,20);1H. The van der Waals surface area contributed by atoms with Gasteiger partial charge in [0.15, 0.2) is 11.8 Å². The molecule has 0 saturated carbocycles. The van der Waals surface area contributed by atoms with Gasteiger partial charge in [0.1, 0.15) is 11.9 Å². The monoisotopic (exact) mass is 457 g/mol. The first-order chi connectivity index (χ1) is 11.7. The van der Waals surface area contributed by atoms with Crippen molar-refractivity contribution in [1.82, 2.24) is 20.8 Å². The highest BCUT2D eigenvalue weighted by Gasteiger charge is 2.21. The van der Waals surface area contributed by atoms with E-state index in [0.717, 1.165) is 24.7 Å². The molecule has 0 bridgehead atoms. The second-order valence-corrected chi connectivity index (χ2v) is 5.68. The van der Waals surface area contributed by atoms with E-state index in [1.54, 1.807) is 0 Å². The maximum Gasteiger partial charge on any atom is 0.228 e. The number of rotatable bonds is 6. The Balaban J connectivity index is 0.00000225. The van der Waals surface area contributed by atoms with Gasteiger partial charge >= 0.3 is 0 Å². The average molecular weight is 457 g/mol. The van der Waals surface area contributed by atoms with E-state index in [1.807, 2.05) is 32.0 Å². The third-order valence-electron chi connectivity index (χ3n) is 3.71. The van der Waals surface area contributed by atoms with E-state index >= 15 is 0 Å². The first kappa shape index (κ1) is 19.5. The number of ether oxygens (including phenoxy) is 1. The Kier molecular flexibility index (Phi) is 7.48. The van der Waals surface area contributed by atoms with Gasteiger partial charge in [-0.15, -0.1) is 24.0 Å². The second-order valence-electron chi connectivity index (χ2n) is 5.68. The number of nitrogens with one attached hydrogen (secondary N) is 2. The molecule has 2 aromatic rings. The number of para-hydroxylation sites is 1. The van der Waals surface area contributed by atoms with Crippen LogP contribution < -0.4 is 15.4 Å². The Hall–Kier alpha value is -1.84. The van der Waals surface area contributed by atoms with Gasteiger partial charge in [0.25, 0.3) is 0 Å². The molecule has 1 atom stereocenters. The van der Waals surface area contributed by atoms with E-state index in [4.69, 9.17) is 9.26 Å². The van der Waals surface area contributed by atoms with Gasteiger partial charge in [-0.1, -0.05) is 23.4 Å². The summed E-state index contributed by atoms with van der Waals surface area (Å²) in [6.07, 6.45) is 1.66. The molecule has 0 amide bonds. The van der Waals surface area contributed by atoms with Crippen LogP contribution in [0, 0.1) is 6.92 Å². The maximum atomic E-state index is 5.92. The van der Waals surface area contributed by atoms with Crippen LogP contribution in [-0.2, 0) is 12.8 Å². The minimum absolute atomic E-state index is 0. The number of guanidine groups is 1. The van der Waals surface area contributed by atoms with Gasteiger partial charge < -0.3 is 19.9 Å². The van der Waals surface area contributed by atoms with Crippen molar-refractivity contribution in [2.24, 2.45) is 4.99 Å². The summed E-state index contributed by atoms with van der Waals surface area (Å²) >= 11 is 0. The Labute approximate surface area is 164 Å². The van der Waals surface area contributed by atoms with Gasteiger partial charge in [0.2, 0.25) is 5.89 Å². The molecule has 136 valence electrons. The number of aliphatic imine (C=N–C) groups is 1. The summed E-state index contributed by atoms with van der Waals surface area (Å²) in [5.74, 6) is 3.03. The highest BCUT2D eigenvalue weighted by atomic mass is 127. The zero-order valence-corrected chi connectivity index (χ0v) is 16.8. The zero-order valence-electron chi connectivity index (χ0n) is 14.5. The molecule has 0 radical (unpaired) electrons. The molecular formula is C17H24IN5O2. The molecule has 1 aromatic carbocycles. The number of fused-ring (bicyclic) bond motifs is 1. The Morgan fingerprint density at radius 3 is 2.88 bits per heavy atom. The molecule has 0 aliphatic carbocycles. The number of benzene rings is 1. The Morgan fingerprint density at radius 2 is 2.16 bits per heavy atom. The molecule has 3 rings (SSSR count). The van der Waals surface area contributed by atoms with Gasteiger partial charge in [-0.25, -0.2) is 4.99 Å².